The minimum atomic E-state index is -0.758. The highest BCUT2D eigenvalue weighted by atomic mass is 79.9. The molecule has 21 heavy (non-hydrogen) atoms. The van der Waals surface area contributed by atoms with E-state index in [4.69, 9.17) is 5.73 Å². The monoisotopic (exact) mass is 351 g/mol. The Hall–Kier alpha value is -2.35. The lowest BCUT2D eigenvalue weighted by atomic mass is 10.2. The minimum Gasteiger partial charge on any atom is -0.399 e. The molecular weight excluding hydrogens is 344 g/mol. The smallest absolute Gasteiger partial charge is 0.187 e. The van der Waals surface area contributed by atoms with E-state index in [2.05, 4.69) is 31.5 Å². The second-order valence-electron chi connectivity index (χ2n) is 4.28. The Morgan fingerprint density at radius 2 is 1.90 bits per heavy atom. The van der Waals surface area contributed by atoms with Gasteiger partial charge in [-0.3, -0.25) is 0 Å². The van der Waals surface area contributed by atoms with Gasteiger partial charge in [0.25, 0.3) is 0 Å². The summed E-state index contributed by atoms with van der Waals surface area (Å²) in [5.74, 6) is -1.13. The highest BCUT2D eigenvalue weighted by Gasteiger charge is 2.15. The van der Waals surface area contributed by atoms with Gasteiger partial charge in [0.15, 0.2) is 11.6 Å². The molecular formula is C13H8BrF2N5. The summed E-state index contributed by atoms with van der Waals surface area (Å²) in [5, 5.41) is 11.2. The van der Waals surface area contributed by atoms with E-state index in [-0.39, 0.29) is 5.69 Å². The molecule has 106 valence electrons. The van der Waals surface area contributed by atoms with Crippen molar-refractivity contribution >= 4 is 21.6 Å². The van der Waals surface area contributed by atoms with Crippen LogP contribution >= 0.6 is 15.9 Å². The van der Waals surface area contributed by atoms with E-state index < -0.39 is 11.6 Å². The first-order valence-corrected chi connectivity index (χ1v) is 6.64. The quantitative estimate of drug-likeness (QED) is 0.720. The molecule has 2 aromatic carbocycles. The molecule has 0 bridgehead atoms. The molecule has 8 heteroatoms. The fourth-order valence-corrected chi connectivity index (χ4v) is 2.43. The Balaban J connectivity index is 2.17. The Kier molecular flexibility index (Phi) is 3.38. The Morgan fingerprint density at radius 1 is 1.10 bits per heavy atom. The average molecular weight is 352 g/mol. The van der Waals surface area contributed by atoms with Gasteiger partial charge < -0.3 is 5.73 Å². The van der Waals surface area contributed by atoms with E-state index in [9.17, 15) is 8.78 Å². The molecule has 0 radical (unpaired) electrons. The Morgan fingerprint density at radius 3 is 2.62 bits per heavy atom. The zero-order chi connectivity index (χ0) is 15.0. The molecule has 0 atom stereocenters. The van der Waals surface area contributed by atoms with Crippen LogP contribution in [0.1, 0.15) is 0 Å². The summed E-state index contributed by atoms with van der Waals surface area (Å²) < 4.78 is 28.8. The maximum atomic E-state index is 13.9. The van der Waals surface area contributed by atoms with Crippen molar-refractivity contribution in [2.45, 2.75) is 0 Å². The summed E-state index contributed by atoms with van der Waals surface area (Å²) in [4.78, 5) is 0. The standard InChI is InChI=1S/C13H8BrF2N5/c14-8-3-7(4-10(17)5-8)13-18-19-20-21(13)12-2-1-9(15)6-11(12)16/h1-6H,17H2. The fraction of sp³-hybridized carbons (Fsp3) is 0. The van der Waals surface area contributed by atoms with E-state index in [0.29, 0.717) is 17.1 Å². The third-order valence-electron chi connectivity index (χ3n) is 2.79. The first-order chi connectivity index (χ1) is 10.0. The lowest BCUT2D eigenvalue weighted by Crippen LogP contribution is -2.03. The first kappa shape index (κ1) is 13.6. The van der Waals surface area contributed by atoms with Gasteiger partial charge in [0.2, 0.25) is 0 Å². The van der Waals surface area contributed by atoms with Crippen LogP contribution in [0.2, 0.25) is 0 Å². The Bertz CT molecular complexity index is 798. The van der Waals surface area contributed by atoms with E-state index in [1.807, 2.05) is 0 Å². The third-order valence-corrected chi connectivity index (χ3v) is 3.24. The molecule has 0 aliphatic rings. The van der Waals surface area contributed by atoms with Crippen molar-refractivity contribution in [2.75, 3.05) is 5.73 Å². The van der Waals surface area contributed by atoms with E-state index in [1.165, 1.54) is 10.7 Å². The van der Waals surface area contributed by atoms with Crippen molar-refractivity contribution in [3.05, 3.63) is 52.5 Å². The van der Waals surface area contributed by atoms with Gasteiger partial charge in [-0.05, 0) is 40.8 Å². The third kappa shape index (κ3) is 2.62. The molecule has 2 N–H and O–H groups in total. The molecule has 0 amide bonds. The highest BCUT2D eigenvalue weighted by molar-refractivity contribution is 9.10. The highest BCUT2D eigenvalue weighted by Crippen LogP contribution is 2.26. The SMILES string of the molecule is Nc1cc(Br)cc(-c2nnnn2-c2ccc(F)cc2F)c1. The molecule has 1 heterocycles. The summed E-state index contributed by atoms with van der Waals surface area (Å²) in [6.07, 6.45) is 0. The zero-order valence-corrected chi connectivity index (χ0v) is 12.1. The van der Waals surface area contributed by atoms with Crippen LogP contribution < -0.4 is 5.73 Å². The predicted molar refractivity (Wildman–Crippen MR) is 76.6 cm³/mol. The second kappa shape index (κ2) is 5.21. The summed E-state index contributed by atoms with van der Waals surface area (Å²) in [6, 6.07) is 8.31. The fourth-order valence-electron chi connectivity index (χ4n) is 1.92. The van der Waals surface area contributed by atoms with E-state index in [0.717, 1.165) is 16.6 Å². The van der Waals surface area contributed by atoms with Gasteiger partial charge in [0, 0.05) is 21.8 Å². The largest absolute Gasteiger partial charge is 0.399 e. The first-order valence-electron chi connectivity index (χ1n) is 5.85. The maximum Gasteiger partial charge on any atom is 0.187 e. The van der Waals surface area contributed by atoms with Crippen LogP contribution in [0, 0.1) is 11.6 Å². The van der Waals surface area contributed by atoms with Crippen LogP contribution in [0.5, 0.6) is 0 Å². The number of nitrogens with zero attached hydrogens (tertiary/aromatic N) is 4. The van der Waals surface area contributed by atoms with Crippen molar-refractivity contribution in [3.8, 4) is 17.1 Å². The summed E-state index contributed by atoms with van der Waals surface area (Å²) in [5.41, 5.74) is 6.94. The molecule has 3 aromatic rings. The molecule has 0 unspecified atom stereocenters. The molecule has 1 aromatic heterocycles. The number of nitrogens with two attached hydrogens (primary N) is 1. The number of benzene rings is 2. The number of nitrogen functional groups attached to an aromatic ring is 1. The van der Waals surface area contributed by atoms with Crippen molar-refractivity contribution in [1.29, 1.82) is 0 Å². The molecule has 0 aliphatic carbocycles. The van der Waals surface area contributed by atoms with Gasteiger partial charge in [-0.25, -0.2) is 8.78 Å². The van der Waals surface area contributed by atoms with Crippen LogP contribution in [0.4, 0.5) is 14.5 Å². The predicted octanol–water partition coefficient (Wildman–Crippen LogP) is 2.95. The van der Waals surface area contributed by atoms with E-state index in [1.54, 1.807) is 18.2 Å². The van der Waals surface area contributed by atoms with Gasteiger partial charge in [0.05, 0.1) is 0 Å². The van der Waals surface area contributed by atoms with Gasteiger partial charge in [-0.15, -0.1) is 5.10 Å². The van der Waals surface area contributed by atoms with Crippen LogP contribution in [-0.2, 0) is 0 Å². The van der Waals surface area contributed by atoms with Crippen LogP contribution in [0.3, 0.4) is 0 Å². The molecule has 3 rings (SSSR count). The number of hydrogen-bond acceptors (Lipinski definition) is 4. The summed E-state index contributed by atoms with van der Waals surface area (Å²) in [6.45, 7) is 0. The number of rotatable bonds is 2. The topological polar surface area (TPSA) is 69.6 Å². The average Bonchev–Trinajstić information content (AvgIpc) is 2.86. The van der Waals surface area contributed by atoms with Crippen molar-refractivity contribution < 1.29 is 8.78 Å². The molecule has 0 saturated heterocycles. The van der Waals surface area contributed by atoms with Gasteiger partial charge >= 0.3 is 0 Å². The normalized spacial score (nSPS) is 10.8. The molecule has 0 fully saturated rings. The lowest BCUT2D eigenvalue weighted by molar-refractivity contribution is 0.572. The number of hydrogen-bond donors (Lipinski definition) is 1. The lowest BCUT2D eigenvalue weighted by Gasteiger charge is -2.07. The van der Waals surface area contributed by atoms with Gasteiger partial charge in [-0.2, -0.15) is 4.68 Å². The van der Waals surface area contributed by atoms with Crippen molar-refractivity contribution in [2.24, 2.45) is 0 Å². The summed E-state index contributed by atoms with van der Waals surface area (Å²) in [7, 11) is 0. The summed E-state index contributed by atoms with van der Waals surface area (Å²) >= 11 is 3.32. The molecule has 5 nitrogen and oxygen atoms in total. The maximum absolute atomic E-state index is 13.9. The number of halogens is 3. The number of aromatic nitrogens is 4. The molecule has 0 spiro atoms. The second-order valence-corrected chi connectivity index (χ2v) is 5.20. The molecule has 0 aliphatic heterocycles. The Labute approximate surface area is 126 Å². The minimum absolute atomic E-state index is 0.0509. The molecule has 0 saturated carbocycles. The van der Waals surface area contributed by atoms with Crippen molar-refractivity contribution in [3.63, 3.8) is 0 Å². The van der Waals surface area contributed by atoms with Crippen LogP contribution in [0.15, 0.2) is 40.9 Å². The van der Waals surface area contributed by atoms with E-state index >= 15 is 0 Å². The zero-order valence-electron chi connectivity index (χ0n) is 10.5. The van der Waals surface area contributed by atoms with Crippen LogP contribution in [0.25, 0.3) is 17.1 Å². The van der Waals surface area contributed by atoms with Crippen molar-refractivity contribution in [1.82, 2.24) is 20.2 Å². The number of anilines is 1. The number of tetrazole rings is 1. The van der Waals surface area contributed by atoms with Gasteiger partial charge in [0.1, 0.15) is 11.5 Å². The van der Waals surface area contributed by atoms with Crippen LogP contribution in [-0.4, -0.2) is 20.2 Å². The van der Waals surface area contributed by atoms with Gasteiger partial charge in [-0.1, -0.05) is 15.9 Å².